The molecule has 0 radical (unpaired) electrons. The molecule has 1 amide bonds. The van der Waals surface area contributed by atoms with Crippen molar-refractivity contribution in [2.75, 3.05) is 33.2 Å². The number of carbonyl (C=O) groups excluding carboxylic acids is 1. The number of aryl methyl sites for hydroxylation is 1. The van der Waals surface area contributed by atoms with Crippen molar-refractivity contribution in [1.29, 1.82) is 0 Å². The van der Waals surface area contributed by atoms with E-state index in [9.17, 15) is 9.90 Å². The number of aromatic amines is 1. The van der Waals surface area contributed by atoms with Gasteiger partial charge in [0.1, 0.15) is 5.69 Å². The number of carbonyl (C=O) groups is 1. The molecule has 2 heterocycles. The predicted octanol–water partition coefficient (Wildman–Crippen LogP) is 0.382. The highest BCUT2D eigenvalue weighted by molar-refractivity contribution is 5.93. The van der Waals surface area contributed by atoms with Gasteiger partial charge in [-0.25, -0.2) is 0 Å². The molecule has 1 aliphatic carbocycles. The van der Waals surface area contributed by atoms with E-state index in [-0.39, 0.29) is 5.91 Å². The molecule has 2 aliphatic rings. The molecule has 1 unspecified atom stereocenters. The highest BCUT2D eigenvalue weighted by atomic mass is 16.3. The molecule has 0 spiro atoms. The average molecular weight is 249 g/mol. The van der Waals surface area contributed by atoms with E-state index in [1.807, 2.05) is 11.0 Å². The summed E-state index contributed by atoms with van der Waals surface area (Å²) in [5.41, 5.74) is 2.57. The minimum absolute atomic E-state index is 0.0599. The van der Waals surface area contributed by atoms with E-state index in [2.05, 4.69) is 16.9 Å². The first-order valence-corrected chi connectivity index (χ1v) is 6.53. The second-order valence-corrected chi connectivity index (χ2v) is 5.27. The molecular weight excluding hydrogens is 230 g/mol. The Hall–Kier alpha value is -1.33. The third-order valence-corrected chi connectivity index (χ3v) is 3.98. The molecule has 5 nitrogen and oxygen atoms in total. The van der Waals surface area contributed by atoms with Crippen molar-refractivity contribution in [2.24, 2.45) is 0 Å². The largest absolute Gasteiger partial charge is 0.387 e. The Morgan fingerprint density at radius 2 is 2.11 bits per heavy atom. The van der Waals surface area contributed by atoms with Crippen molar-refractivity contribution in [3.8, 4) is 0 Å². The highest BCUT2D eigenvalue weighted by Crippen LogP contribution is 2.31. The third kappa shape index (κ3) is 1.93. The first-order valence-electron chi connectivity index (χ1n) is 6.53. The van der Waals surface area contributed by atoms with Crippen molar-refractivity contribution >= 4 is 5.91 Å². The number of rotatable bonds is 1. The van der Waals surface area contributed by atoms with Gasteiger partial charge in [-0.2, -0.15) is 0 Å². The van der Waals surface area contributed by atoms with Crippen LogP contribution in [0.15, 0.2) is 6.07 Å². The van der Waals surface area contributed by atoms with Crippen LogP contribution in [0.2, 0.25) is 0 Å². The van der Waals surface area contributed by atoms with E-state index < -0.39 is 6.10 Å². The molecule has 5 heteroatoms. The van der Waals surface area contributed by atoms with Crippen LogP contribution in [0, 0.1) is 0 Å². The number of hydrogen-bond acceptors (Lipinski definition) is 3. The lowest BCUT2D eigenvalue weighted by atomic mass is 10.2. The first-order chi connectivity index (χ1) is 8.65. The number of piperazine rings is 1. The van der Waals surface area contributed by atoms with Gasteiger partial charge in [-0.3, -0.25) is 4.79 Å². The summed E-state index contributed by atoms with van der Waals surface area (Å²) in [6.07, 6.45) is 1.21. The van der Waals surface area contributed by atoms with E-state index in [0.717, 1.165) is 50.3 Å². The number of H-pyrrole nitrogens is 1. The number of nitrogens with zero attached hydrogens (tertiary/aromatic N) is 2. The first kappa shape index (κ1) is 11.7. The highest BCUT2D eigenvalue weighted by Gasteiger charge is 2.27. The van der Waals surface area contributed by atoms with Gasteiger partial charge in [0.2, 0.25) is 0 Å². The van der Waals surface area contributed by atoms with E-state index in [4.69, 9.17) is 0 Å². The predicted molar refractivity (Wildman–Crippen MR) is 67.5 cm³/mol. The molecule has 0 aromatic carbocycles. The maximum absolute atomic E-state index is 12.3. The molecule has 18 heavy (non-hydrogen) atoms. The fraction of sp³-hybridized carbons (Fsp3) is 0.615. The monoisotopic (exact) mass is 249 g/mol. The molecule has 1 fully saturated rings. The summed E-state index contributed by atoms with van der Waals surface area (Å²) in [5, 5.41) is 9.76. The average Bonchev–Trinajstić information content (AvgIpc) is 2.92. The van der Waals surface area contributed by atoms with Crippen LogP contribution in [-0.4, -0.2) is 59.0 Å². The van der Waals surface area contributed by atoms with Crippen LogP contribution in [0.5, 0.6) is 0 Å². The van der Waals surface area contributed by atoms with Crippen LogP contribution in [-0.2, 0) is 6.42 Å². The molecule has 1 saturated heterocycles. The zero-order valence-corrected chi connectivity index (χ0v) is 10.6. The summed E-state index contributed by atoms with van der Waals surface area (Å²) in [7, 11) is 2.07. The standard InChI is InChI=1S/C13H19N3O2/c1-15-4-6-16(7-5-15)13(18)10-8-9-2-3-11(17)12(9)14-10/h8,11,14,17H,2-7H2,1H3. The molecule has 1 aromatic rings. The van der Waals surface area contributed by atoms with Crippen molar-refractivity contribution in [3.63, 3.8) is 0 Å². The molecule has 98 valence electrons. The minimum Gasteiger partial charge on any atom is -0.387 e. The van der Waals surface area contributed by atoms with Crippen LogP contribution in [0.4, 0.5) is 0 Å². The summed E-state index contributed by atoms with van der Waals surface area (Å²) in [4.78, 5) is 19.5. The number of aliphatic hydroxyl groups is 1. The summed E-state index contributed by atoms with van der Waals surface area (Å²) in [6.45, 7) is 3.41. The molecule has 3 rings (SSSR count). The Balaban J connectivity index is 1.75. The number of fused-ring (bicyclic) bond motifs is 1. The SMILES string of the molecule is CN1CCN(C(=O)c2cc3c([nH]2)C(O)CC3)CC1. The van der Waals surface area contributed by atoms with Gasteiger partial charge in [0.25, 0.3) is 5.91 Å². The number of aromatic nitrogens is 1. The van der Waals surface area contributed by atoms with Gasteiger partial charge in [-0.05, 0) is 31.5 Å². The van der Waals surface area contributed by atoms with Crippen molar-refractivity contribution < 1.29 is 9.90 Å². The zero-order valence-electron chi connectivity index (χ0n) is 10.6. The van der Waals surface area contributed by atoms with Crippen LogP contribution in [0.1, 0.15) is 34.3 Å². The number of aliphatic hydroxyl groups excluding tert-OH is 1. The zero-order chi connectivity index (χ0) is 12.7. The smallest absolute Gasteiger partial charge is 0.270 e. The normalized spacial score (nSPS) is 24.3. The molecule has 1 aromatic heterocycles. The summed E-state index contributed by atoms with van der Waals surface area (Å²) in [6, 6.07) is 1.91. The van der Waals surface area contributed by atoms with E-state index in [0.29, 0.717) is 5.69 Å². The Bertz CT molecular complexity index is 461. The van der Waals surface area contributed by atoms with Gasteiger partial charge in [0.05, 0.1) is 6.10 Å². The van der Waals surface area contributed by atoms with Gasteiger partial charge in [0, 0.05) is 31.9 Å². The second kappa shape index (κ2) is 4.40. The molecule has 0 saturated carbocycles. The molecular formula is C13H19N3O2. The second-order valence-electron chi connectivity index (χ2n) is 5.27. The van der Waals surface area contributed by atoms with E-state index >= 15 is 0 Å². The number of nitrogens with one attached hydrogen (secondary N) is 1. The van der Waals surface area contributed by atoms with Crippen LogP contribution < -0.4 is 0 Å². The Morgan fingerprint density at radius 3 is 2.78 bits per heavy atom. The summed E-state index contributed by atoms with van der Waals surface area (Å²) >= 11 is 0. The molecule has 2 N–H and O–H groups in total. The van der Waals surface area contributed by atoms with Crippen LogP contribution in [0.25, 0.3) is 0 Å². The van der Waals surface area contributed by atoms with Gasteiger partial charge in [-0.1, -0.05) is 0 Å². The van der Waals surface area contributed by atoms with Crippen molar-refractivity contribution in [1.82, 2.24) is 14.8 Å². The van der Waals surface area contributed by atoms with E-state index in [1.54, 1.807) is 0 Å². The Morgan fingerprint density at radius 1 is 1.39 bits per heavy atom. The quantitative estimate of drug-likeness (QED) is 0.756. The summed E-state index contributed by atoms with van der Waals surface area (Å²) < 4.78 is 0. The lowest BCUT2D eigenvalue weighted by Crippen LogP contribution is -2.47. The fourth-order valence-corrected chi connectivity index (χ4v) is 2.75. The maximum atomic E-state index is 12.3. The number of amides is 1. The molecule has 1 aliphatic heterocycles. The lowest BCUT2D eigenvalue weighted by molar-refractivity contribution is 0.0658. The molecule has 0 bridgehead atoms. The Kier molecular flexibility index (Phi) is 2.87. The van der Waals surface area contributed by atoms with E-state index in [1.165, 1.54) is 0 Å². The van der Waals surface area contributed by atoms with Crippen LogP contribution in [0.3, 0.4) is 0 Å². The number of hydrogen-bond donors (Lipinski definition) is 2. The van der Waals surface area contributed by atoms with Crippen molar-refractivity contribution in [2.45, 2.75) is 18.9 Å². The Labute approximate surface area is 106 Å². The third-order valence-electron chi connectivity index (χ3n) is 3.98. The topological polar surface area (TPSA) is 59.6 Å². The van der Waals surface area contributed by atoms with Crippen LogP contribution >= 0.6 is 0 Å². The maximum Gasteiger partial charge on any atom is 0.270 e. The van der Waals surface area contributed by atoms with Gasteiger partial charge in [0.15, 0.2) is 0 Å². The molecule has 1 atom stereocenters. The van der Waals surface area contributed by atoms with Gasteiger partial charge < -0.3 is 19.9 Å². The lowest BCUT2D eigenvalue weighted by Gasteiger charge is -2.32. The van der Waals surface area contributed by atoms with Crippen molar-refractivity contribution in [3.05, 3.63) is 23.0 Å². The fourth-order valence-electron chi connectivity index (χ4n) is 2.75. The van der Waals surface area contributed by atoms with Gasteiger partial charge >= 0.3 is 0 Å². The summed E-state index contributed by atoms with van der Waals surface area (Å²) in [5.74, 6) is 0.0599. The number of likely N-dealkylation sites (N-methyl/N-ethyl adjacent to an activating group) is 1. The minimum atomic E-state index is -0.422. The van der Waals surface area contributed by atoms with Gasteiger partial charge in [-0.15, -0.1) is 0 Å².